The van der Waals surface area contributed by atoms with Crippen LogP contribution in [0.3, 0.4) is 0 Å². The van der Waals surface area contributed by atoms with Crippen molar-refractivity contribution in [1.82, 2.24) is 19.4 Å². The normalized spacial score (nSPS) is 16.3. The van der Waals surface area contributed by atoms with E-state index in [-0.39, 0.29) is 5.56 Å². The summed E-state index contributed by atoms with van der Waals surface area (Å²) in [6.07, 6.45) is -6.64. The van der Waals surface area contributed by atoms with Crippen molar-refractivity contribution in [3.05, 3.63) is 49.8 Å². The Labute approximate surface area is 223 Å². The van der Waals surface area contributed by atoms with Crippen LogP contribution in [0.1, 0.15) is 40.5 Å². The van der Waals surface area contributed by atoms with Gasteiger partial charge < -0.3 is 10.2 Å². The quantitative estimate of drug-likeness (QED) is 0.519. The molecule has 0 bridgehead atoms. The van der Waals surface area contributed by atoms with Gasteiger partial charge in [0.1, 0.15) is 5.82 Å². The Morgan fingerprint density at radius 1 is 0.897 bits per heavy atom. The second-order valence-corrected chi connectivity index (χ2v) is 10.2. The number of carbonyl (C=O) groups is 2. The maximum absolute atomic E-state index is 12.6. The molecule has 0 unspecified atom stereocenters. The fourth-order valence-electron chi connectivity index (χ4n) is 3.87. The molecule has 2 aliphatic rings. The van der Waals surface area contributed by atoms with Crippen molar-refractivity contribution < 1.29 is 46.1 Å². The van der Waals surface area contributed by atoms with Crippen LogP contribution in [0.2, 0.25) is 0 Å². The average Bonchev–Trinajstić information content (AvgIpc) is 3.41. The predicted octanol–water partition coefficient (Wildman–Crippen LogP) is 3.88. The Bertz CT molecular complexity index is 1150. The number of hydrogen-bond acceptors (Lipinski definition) is 7. The van der Waals surface area contributed by atoms with E-state index in [4.69, 9.17) is 24.8 Å². The monoisotopic (exact) mass is 586 g/mol. The molecule has 9 nitrogen and oxygen atoms in total. The molecule has 39 heavy (non-hydrogen) atoms. The first-order valence-corrected chi connectivity index (χ1v) is 12.6. The van der Waals surface area contributed by atoms with Crippen LogP contribution in [0.4, 0.5) is 26.3 Å². The number of alkyl halides is 6. The molecule has 0 radical (unpaired) electrons. The topological polar surface area (TPSA) is 116 Å². The summed E-state index contributed by atoms with van der Waals surface area (Å²) in [5.41, 5.74) is 1.06. The van der Waals surface area contributed by atoms with E-state index in [1.807, 2.05) is 15.9 Å². The Morgan fingerprint density at radius 2 is 1.44 bits per heavy atom. The van der Waals surface area contributed by atoms with Gasteiger partial charge in [0.05, 0.1) is 12.2 Å². The van der Waals surface area contributed by atoms with Crippen molar-refractivity contribution in [3.63, 3.8) is 0 Å². The molecule has 2 aliphatic heterocycles. The molecule has 0 aromatic carbocycles. The van der Waals surface area contributed by atoms with Gasteiger partial charge in [0.25, 0.3) is 5.56 Å². The zero-order valence-electron chi connectivity index (χ0n) is 20.9. The molecule has 2 N–H and O–H groups in total. The van der Waals surface area contributed by atoms with Crippen LogP contribution >= 0.6 is 11.3 Å². The van der Waals surface area contributed by atoms with E-state index in [9.17, 15) is 31.1 Å². The number of aliphatic carboxylic acids is 2. The highest BCUT2D eigenvalue weighted by Crippen LogP contribution is 2.20. The van der Waals surface area contributed by atoms with Gasteiger partial charge in [-0.3, -0.25) is 19.2 Å². The zero-order valence-corrected chi connectivity index (χ0v) is 21.7. The number of nitrogens with zero attached hydrogens (tertiary/aromatic N) is 4. The first-order valence-electron chi connectivity index (χ1n) is 11.8. The zero-order chi connectivity index (χ0) is 29.4. The highest BCUT2D eigenvalue weighted by atomic mass is 32.1. The molecule has 1 fully saturated rings. The molecule has 218 valence electrons. The largest absolute Gasteiger partial charge is 0.490 e. The van der Waals surface area contributed by atoms with Crippen LogP contribution in [0.25, 0.3) is 0 Å². The molecule has 16 heteroatoms. The van der Waals surface area contributed by atoms with Gasteiger partial charge in [0.15, 0.2) is 0 Å². The summed E-state index contributed by atoms with van der Waals surface area (Å²) in [7, 11) is 0. The van der Waals surface area contributed by atoms with Crippen LogP contribution in [-0.2, 0) is 35.8 Å². The Balaban J connectivity index is 0.000000317. The lowest BCUT2D eigenvalue weighted by Gasteiger charge is -2.19. The fourth-order valence-corrected chi connectivity index (χ4v) is 4.81. The van der Waals surface area contributed by atoms with Gasteiger partial charge in [-0.1, -0.05) is 0 Å². The number of hydrogen-bond donors (Lipinski definition) is 2. The molecule has 4 rings (SSSR count). The van der Waals surface area contributed by atoms with E-state index in [1.165, 1.54) is 22.6 Å². The molecule has 4 heterocycles. The lowest BCUT2D eigenvalue weighted by Crippen LogP contribution is -2.29. The second-order valence-electron chi connectivity index (χ2n) is 8.82. The average molecular weight is 587 g/mol. The highest BCUT2D eigenvalue weighted by Gasteiger charge is 2.38. The van der Waals surface area contributed by atoms with Gasteiger partial charge in [0, 0.05) is 42.0 Å². The lowest BCUT2D eigenvalue weighted by atomic mass is 10.3. The standard InChI is InChI=1S/C19H26N4OS.2C2HF3O2/c1-15-5-6-17(25-15)13-22-9-4-10-23-18(14-22)20-16(11-19(23)24)12-21-7-2-3-8-21;2*3-2(4,5)1(6)7/h5-6,11H,2-4,7-10,12-14H2,1H3;2*(H,6,7). The third-order valence-electron chi connectivity index (χ3n) is 5.61. The summed E-state index contributed by atoms with van der Waals surface area (Å²) in [6.45, 7) is 8.73. The molecule has 0 aliphatic carbocycles. The van der Waals surface area contributed by atoms with Gasteiger partial charge in [-0.05, 0) is 51.4 Å². The van der Waals surface area contributed by atoms with Gasteiger partial charge in [-0.25, -0.2) is 14.6 Å². The molecule has 0 atom stereocenters. The van der Waals surface area contributed by atoms with E-state index < -0.39 is 24.3 Å². The molecule has 0 spiro atoms. The number of fused-ring (bicyclic) bond motifs is 1. The third kappa shape index (κ3) is 11.0. The van der Waals surface area contributed by atoms with Gasteiger partial charge in [-0.2, -0.15) is 26.3 Å². The van der Waals surface area contributed by atoms with Gasteiger partial charge >= 0.3 is 24.3 Å². The summed E-state index contributed by atoms with van der Waals surface area (Å²) >= 11 is 1.86. The molecule has 1 saturated heterocycles. The summed E-state index contributed by atoms with van der Waals surface area (Å²) in [6, 6.07) is 6.15. The number of aromatic nitrogens is 2. The number of halogens is 6. The van der Waals surface area contributed by atoms with Crippen LogP contribution < -0.4 is 5.56 Å². The summed E-state index contributed by atoms with van der Waals surface area (Å²) < 4.78 is 65.4. The van der Waals surface area contributed by atoms with E-state index >= 15 is 0 Å². The molecule has 0 amide bonds. The first-order chi connectivity index (χ1) is 18.1. The van der Waals surface area contributed by atoms with Crippen LogP contribution in [-0.4, -0.2) is 73.5 Å². The lowest BCUT2D eigenvalue weighted by molar-refractivity contribution is -0.193. The third-order valence-corrected chi connectivity index (χ3v) is 6.59. The van der Waals surface area contributed by atoms with E-state index in [0.29, 0.717) is 0 Å². The van der Waals surface area contributed by atoms with E-state index in [0.717, 1.165) is 63.8 Å². The molecule has 2 aromatic heterocycles. The molecule has 0 saturated carbocycles. The van der Waals surface area contributed by atoms with E-state index in [2.05, 4.69) is 28.9 Å². The number of carboxylic acid groups (broad SMARTS) is 2. The Kier molecular flexibility index (Phi) is 11.5. The number of thiophene rings is 1. The summed E-state index contributed by atoms with van der Waals surface area (Å²) in [4.78, 5) is 42.8. The van der Waals surface area contributed by atoms with Crippen LogP contribution in [0, 0.1) is 6.92 Å². The minimum Gasteiger partial charge on any atom is -0.475 e. The SMILES string of the molecule is Cc1ccc(CN2CCCn3c(nc(CN4CCCC4)cc3=O)C2)s1.O=C(O)C(F)(F)F.O=C(O)C(F)(F)F. The van der Waals surface area contributed by atoms with Crippen LogP contribution in [0.15, 0.2) is 23.0 Å². The first kappa shape index (κ1) is 32.2. The fraction of sp³-hybridized carbons (Fsp3) is 0.565. The minimum absolute atomic E-state index is 0.119. The van der Waals surface area contributed by atoms with E-state index in [1.54, 1.807) is 6.07 Å². The van der Waals surface area contributed by atoms with Crippen LogP contribution in [0.5, 0.6) is 0 Å². The van der Waals surface area contributed by atoms with Gasteiger partial charge in [-0.15, -0.1) is 11.3 Å². The number of carboxylic acids is 2. The molecular formula is C23H28F6N4O5S. The van der Waals surface area contributed by atoms with Crippen molar-refractivity contribution in [1.29, 1.82) is 0 Å². The van der Waals surface area contributed by atoms with Gasteiger partial charge in [0.2, 0.25) is 0 Å². The maximum Gasteiger partial charge on any atom is 0.490 e. The van der Waals surface area contributed by atoms with Crippen molar-refractivity contribution >= 4 is 23.3 Å². The van der Waals surface area contributed by atoms with Crippen molar-refractivity contribution in [2.75, 3.05) is 19.6 Å². The number of likely N-dealkylation sites (tertiary alicyclic amines) is 1. The number of aryl methyl sites for hydroxylation is 1. The summed E-state index contributed by atoms with van der Waals surface area (Å²) in [5.74, 6) is -4.58. The minimum atomic E-state index is -5.08. The maximum atomic E-state index is 12.6. The smallest absolute Gasteiger partial charge is 0.475 e. The van der Waals surface area contributed by atoms with Crippen molar-refractivity contribution in [2.24, 2.45) is 0 Å². The predicted molar refractivity (Wildman–Crippen MR) is 128 cm³/mol. The second kappa shape index (κ2) is 13.9. The molecule has 2 aromatic rings. The Hall–Kier alpha value is -2.98. The molecular weight excluding hydrogens is 558 g/mol. The highest BCUT2D eigenvalue weighted by molar-refractivity contribution is 7.11. The number of rotatable bonds is 4. The van der Waals surface area contributed by atoms with Crippen molar-refractivity contribution in [2.45, 2.75) is 64.7 Å². The Morgan fingerprint density at radius 3 is 1.92 bits per heavy atom. The van der Waals surface area contributed by atoms with Crippen molar-refractivity contribution in [3.8, 4) is 0 Å². The summed E-state index contributed by atoms with van der Waals surface area (Å²) in [5, 5.41) is 14.2.